The SMILES string of the molecule is Cc1ccc(C23CC(I)(C2)C3)cc1. The lowest BCUT2D eigenvalue weighted by molar-refractivity contribution is 0.0220. The summed E-state index contributed by atoms with van der Waals surface area (Å²) in [6.45, 7) is 2.16. The zero-order valence-electron chi connectivity index (χ0n) is 7.81. The normalized spacial score (nSPS) is 40.8. The van der Waals surface area contributed by atoms with Gasteiger partial charge in [0.25, 0.3) is 0 Å². The highest BCUT2D eigenvalue weighted by Crippen LogP contribution is 2.72. The van der Waals surface area contributed by atoms with Gasteiger partial charge in [-0.1, -0.05) is 52.4 Å². The Morgan fingerprint density at radius 1 is 1.08 bits per heavy atom. The standard InChI is InChI=1S/C12H13I/c1-9-2-4-10(5-3-9)11-6-12(13,7-11)8-11/h2-5H,6-8H2,1H3. The van der Waals surface area contributed by atoms with Gasteiger partial charge in [0.2, 0.25) is 0 Å². The van der Waals surface area contributed by atoms with Crippen LogP contribution in [0.15, 0.2) is 24.3 Å². The van der Waals surface area contributed by atoms with E-state index < -0.39 is 0 Å². The van der Waals surface area contributed by atoms with Gasteiger partial charge in [-0.25, -0.2) is 0 Å². The van der Waals surface area contributed by atoms with Crippen molar-refractivity contribution in [3.05, 3.63) is 35.4 Å². The van der Waals surface area contributed by atoms with E-state index in [4.69, 9.17) is 0 Å². The molecule has 0 heterocycles. The monoisotopic (exact) mass is 284 g/mol. The molecule has 4 rings (SSSR count). The van der Waals surface area contributed by atoms with Crippen molar-refractivity contribution < 1.29 is 0 Å². The maximum absolute atomic E-state index is 2.64. The van der Waals surface area contributed by atoms with E-state index in [2.05, 4.69) is 53.8 Å². The first-order valence-corrected chi connectivity index (χ1v) is 5.96. The molecule has 3 saturated carbocycles. The molecule has 13 heavy (non-hydrogen) atoms. The second-order valence-electron chi connectivity index (χ2n) is 4.83. The van der Waals surface area contributed by atoms with Crippen LogP contribution < -0.4 is 0 Å². The Morgan fingerprint density at radius 2 is 1.62 bits per heavy atom. The first-order valence-electron chi connectivity index (χ1n) is 4.88. The van der Waals surface area contributed by atoms with Gasteiger partial charge in [-0.2, -0.15) is 0 Å². The molecule has 3 aliphatic carbocycles. The topological polar surface area (TPSA) is 0 Å². The Morgan fingerprint density at radius 3 is 2.08 bits per heavy atom. The molecule has 0 N–H and O–H groups in total. The molecule has 0 unspecified atom stereocenters. The maximum Gasteiger partial charge on any atom is 0.0247 e. The van der Waals surface area contributed by atoms with Crippen molar-refractivity contribution in [2.75, 3.05) is 0 Å². The Hall–Kier alpha value is -0.0500. The van der Waals surface area contributed by atoms with E-state index in [9.17, 15) is 0 Å². The quantitative estimate of drug-likeness (QED) is 0.546. The largest absolute Gasteiger partial charge is 0.0788 e. The number of benzene rings is 1. The van der Waals surface area contributed by atoms with Crippen LogP contribution in [0.5, 0.6) is 0 Å². The smallest absolute Gasteiger partial charge is 0.0247 e. The van der Waals surface area contributed by atoms with Crippen molar-refractivity contribution in [2.24, 2.45) is 0 Å². The third kappa shape index (κ3) is 1.03. The fraction of sp³-hybridized carbons (Fsp3) is 0.500. The first kappa shape index (κ1) is 8.27. The highest BCUT2D eigenvalue weighted by Gasteiger charge is 2.66. The molecule has 0 atom stereocenters. The van der Waals surface area contributed by atoms with Crippen molar-refractivity contribution in [3.63, 3.8) is 0 Å². The van der Waals surface area contributed by atoms with Crippen molar-refractivity contribution in [1.82, 2.24) is 0 Å². The molecule has 0 amide bonds. The molecule has 1 aromatic rings. The Labute approximate surface area is 92.9 Å². The van der Waals surface area contributed by atoms with E-state index in [0.717, 1.165) is 0 Å². The van der Waals surface area contributed by atoms with E-state index in [0.29, 0.717) is 8.84 Å². The molecular formula is C12H13I. The third-order valence-electron chi connectivity index (χ3n) is 3.63. The van der Waals surface area contributed by atoms with Crippen LogP contribution in [0.2, 0.25) is 0 Å². The fourth-order valence-corrected chi connectivity index (χ4v) is 5.07. The molecular weight excluding hydrogens is 271 g/mol. The van der Waals surface area contributed by atoms with Gasteiger partial charge >= 0.3 is 0 Å². The minimum Gasteiger partial charge on any atom is -0.0788 e. The van der Waals surface area contributed by atoms with Crippen LogP contribution in [0.3, 0.4) is 0 Å². The van der Waals surface area contributed by atoms with Crippen molar-refractivity contribution in [1.29, 1.82) is 0 Å². The lowest BCUT2D eigenvalue weighted by Crippen LogP contribution is -2.65. The van der Waals surface area contributed by atoms with Gasteiger partial charge in [0.1, 0.15) is 0 Å². The molecule has 1 heteroatoms. The van der Waals surface area contributed by atoms with E-state index in [1.54, 1.807) is 5.56 Å². The number of alkyl halides is 1. The van der Waals surface area contributed by atoms with Crippen LogP contribution in [0.4, 0.5) is 0 Å². The average Bonchev–Trinajstić information content (AvgIpc) is 1.99. The van der Waals surface area contributed by atoms with Gasteiger partial charge < -0.3 is 0 Å². The molecule has 0 spiro atoms. The number of aryl methyl sites for hydroxylation is 1. The molecule has 2 bridgehead atoms. The lowest BCUT2D eigenvalue weighted by Gasteiger charge is -2.68. The number of rotatable bonds is 1. The van der Waals surface area contributed by atoms with E-state index in [1.165, 1.54) is 24.8 Å². The minimum atomic E-state index is 0.606. The Balaban J connectivity index is 1.91. The second kappa shape index (κ2) is 2.30. The summed E-state index contributed by atoms with van der Waals surface area (Å²) in [4.78, 5) is 0. The summed E-state index contributed by atoms with van der Waals surface area (Å²) < 4.78 is 0.697. The van der Waals surface area contributed by atoms with Gasteiger partial charge in [0.05, 0.1) is 0 Å². The Bertz CT molecular complexity index is 330. The summed E-state index contributed by atoms with van der Waals surface area (Å²) in [7, 11) is 0. The van der Waals surface area contributed by atoms with Crippen molar-refractivity contribution in [3.8, 4) is 0 Å². The zero-order valence-corrected chi connectivity index (χ0v) is 9.97. The van der Waals surface area contributed by atoms with Crippen LogP contribution >= 0.6 is 22.6 Å². The molecule has 3 fully saturated rings. The molecule has 1 aromatic carbocycles. The first-order chi connectivity index (χ1) is 6.12. The van der Waals surface area contributed by atoms with Crippen LogP contribution in [0.1, 0.15) is 30.4 Å². The molecule has 0 radical (unpaired) electrons. The van der Waals surface area contributed by atoms with Crippen LogP contribution in [0.25, 0.3) is 0 Å². The molecule has 0 saturated heterocycles. The highest BCUT2D eigenvalue weighted by molar-refractivity contribution is 14.1. The zero-order chi connectivity index (χ0) is 9.10. The predicted molar refractivity (Wildman–Crippen MR) is 63.5 cm³/mol. The summed E-state index contributed by atoms with van der Waals surface area (Å²) in [5.41, 5.74) is 3.56. The summed E-state index contributed by atoms with van der Waals surface area (Å²) in [5, 5.41) is 0. The second-order valence-corrected chi connectivity index (χ2v) is 7.12. The number of hydrogen-bond donors (Lipinski definition) is 0. The minimum absolute atomic E-state index is 0.606. The van der Waals surface area contributed by atoms with Crippen LogP contribution in [-0.4, -0.2) is 3.42 Å². The number of halogens is 1. The fourth-order valence-electron chi connectivity index (χ4n) is 2.88. The predicted octanol–water partition coefficient (Wildman–Crippen LogP) is 3.60. The van der Waals surface area contributed by atoms with Crippen LogP contribution in [0, 0.1) is 6.92 Å². The molecule has 3 aliphatic rings. The van der Waals surface area contributed by atoms with Crippen LogP contribution in [-0.2, 0) is 5.41 Å². The molecule has 0 aliphatic heterocycles. The van der Waals surface area contributed by atoms with Gasteiger partial charge in [-0.15, -0.1) is 0 Å². The summed E-state index contributed by atoms with van der Waals surface area (Å²) in [6, 6.07) is 9.14. The van der Waals surface area contributed by atoms with E-state index >= 15 is 0 Å². The van der Waals surface area contributed by atoms with Crippen molar-refractivity contribution >= 4 is 22.6 Å². The van der Waals surface area contributed by atoms with Gasteiger partial charge in [-0.05, 0) is 37.2 Å². The summed E-state index contributed by atoms with van der Waals surface area (Å²) in [5.74, 6) is 0. The summed E-state index contributed by atoms with van der Waals surface area (Å²) >= 11 is 2.64. The lowest BCUT2D eigenvalue weighted by atomic mass is 9.42. The molecule has 68 valence electrons. The van der Waals surface area contributed by atoms with Gasteiger partial charge in [0.15, 0.2) is 0 Å². The summed E-state index contributed by atoms with van der Waals surface area (Å²) in [6.07, 6.45) is 4.26. The molecule has 0 nitrogen and oxygen atoms in total. The van der Waals surface area contributed by atoms with Gasteiger partial charge in [0, 0.05) is 3.42 Å². The third-order valence-corrected chi connectivity index (χ3v) is 4.77. The van der Waals surface area contributed by atoms with E-state index in [-0.39, 0.29) is 0 Å². The van der Waals surface area contributed by atoms with Crippen molar-refractivity contribution in [2.45, 2.75) is 35.0 Å². The Kier molecular flexibility index (Phi) is 1.46. The van der Waals surface area contributed by atoms with E-state index in [1.807, 2.05) is 0 Å². The highest BCUT2D eigenvalue weighted by atomic mass is 127. The average molecular weight is 284 g/mol. The maximum atomic E-state index is 2.64. The van der Waals surface area contributed by atoms with Gasteiger partial charge in [-0.3, -0.25) is 0 Å². The number of hydrogen-bond acceptors (Lipinski definition) is 0. The molecule has 0 aromatic heterocycles.